The van der Waals surface area contributed by atoms with Gasteiger partial charge < -0.3 is 19.7 Å². The average Bonchev–Trinajstić information content (AvgIpc) is 2.84. The molecule has 2 rings (SSSR count). The van der Waals surface area contributed by atoms with Crippen molar-refractivity contribution in [2.24, 2.45) is 0 Å². The van der Waals surface area contributed by atoms with Crippen molar-refractivity contribution in [3.8, 4) is 0 Å². The van der Waals surface area contributed by atoms with E-state index in [1.807, 2.05) is 0 Å². The standard InChI is InChI=1S/C12H18N2O5/c1-18-11(16)6-8-7-14(4-5-19-8)12(17)9-2-3-10(15)13-9/h8-9H,2-7H2,1H3,(H,13,15). The minimum absolute atomic E-state index is 0.0854. The third kappa shape index (κ3) is 3.44. The van der Waals surface area contributed by atoms with Crippen LogP contribution < -0.4 is 5.32 Å². The van der Waals surface area contributed by atoms with E-state index in [4.69, 9.17) is 4.74 Å². The smallest absolute Gasteiger partial charge is 0.308 e. The van der Waals surface area contributed by atoms with Crippen LogP contribution in [0.5, 0.6) is 0 Å². The third-order valence-electron chi connectivity index (χ3n) is 3.37. The van der Waals surface area contributed by atoms with E-state index in [1.54, 1.807) is 4.90 Å². The number of nitrogens with one attached hydrogen (secondary N) is 1. The number of rotatable bonds is 3. The van der Waals surface area contributed by atoms with Gasteiger partial charge in [0.25, 0.3) is 0 Å². The minimum atomic E-state index is -0.427. The molecule has 0 aromatic carbocycles. The maximum atomic E-state index is 12.2. The largest absolute Gasteiger partial charge is 0.469 e. The number of carbonyl (C=O) groups excluding carboxylic acids is 3. The summed E-state index contributed by atoms with van der Waals surface area (Å²) in [6, 6.07) is -0.427. The first-order valence-electron chi connectivity index (χ1n) is 6.36. The number of hydrogen-bond acceptors (Lipinski definition) is 5. The summed E-state index contributed by atoms with van der Waals surface area (Å²) < 4.78 is 10.0. The molecule has 0 spiro atoms. The van der Waals surface area contributed by atoms with E-state index in [1.165, 1.54) is 7.11 Å². The zero-order chi connectivity index (χ0) is 13.8. The number of morpholine rings is 1. The van der Waals surface area contributed by atoms with Gasteiger partial charge in [-0.2, -0.15) is 0 Å². The van der Waals surface area contributed by atoms with Crippen LogP contribution in [0.4, 0.5) is 0 Å². The number of ether oxygens (including phenoxy) is 2. The Bertz CT molecular complexity index is 384. The Balaban J connectivity index is 1.88. The Hall–Kier alpha value is -1.63. The summed E-state index contributed by atoms with van der Waals surface area (Å²) in [4.78, 5) is 36.1. The first-order chi connectivity index (χ1) is 9.10. The van der Waals surface area contributed by atoms with E-state index < -0.39 is 6.04 Å². The van der Waals surface area contributed by atoms with Crippen molar-refractivity contribution in [3.63, 3.8) is 0 Å². The van der Waals surface area contributed by atoms with Gasteiger partial charge in [-0.05, 0) is 6.42 Å². The monoisotopic (exact) mass is 270 g/mol. The molecule has 2 amide bonds. The van der Waals surface area contributed by atoms with Crippen molar-refractivity contribution in [1.29, 1.82) is 0 Å². The summed E-state index contributed by atoms with van der Waals surface area (Å²) in [6.45, 7) is 1.25. The molecule has 106 valence electrons. The first kappa shape index (κ1) is 13.8. The molecule has 7 heteroatoms. The van der Waals surface area contributed by atoms with Gasteiger partial charge in [-0.1, -0.05) is 0 Å². The highest BCUT2D eigenvalue weighted by Gasteiger charge is 2.33. The molecule has 0 radical (unpaired) electrons. The zero-order valence-corrected chi connectivity index (χ0v) is 10.9. The first-order valence-corrected chi connectivity index (χ1v) is 6.36. The molecular formula is C12H18N2O5. The molecule has 2 atom stereocenters. The molecule has 2 fully saturated rings. The molecule has 19 heavy (non-hydrogen) atoms. The number of nitrogens with zero attached hydrogens (tertiary/aromatic N) is 1. The maximum absolute atomic E-state index is 12.2. The van der Waals surface area contributed by atoms with E-state index in [-0.39, 0.29) is 30.3 Å². The van der Waals surface area contributed by atoms with Crippen molar-refractivity contribution in [2.45, 2.75) is 31.4 Å². The predicted molar refractivity (Wildman–Crippen MR) is 64.1 cm³/mol. The van der Waals surface area contributed by atoms with Crippen molar-refractivity contribution in [2.75, 3.05) is 26.8 Å². The fraction of sp³-hybridized carbons (Fsp3) is 0.750. The van der Waals surface area contributed by atoms with E-state index in [2.05, 4.69) is 10.1 Å². The van der Waals surface area contributed by atoms with Crippen molar-refractivity contribution < 1.29 is 23.9 Å². The number of hydrogen-bond donors (Lipinski definition) is 1. The molecule has 2 saturated heterocycles. The fourth-order valence-electron chi connectivity index (χ4n) is 2.33. The van der Waals surface area contributed by atoms with E-state index >= 15 is 0 Å². The van der Waals surface area contributed by atoms with Crippen LogP contribution in [0, 0.1) is 0 Å². The Labute approximate surface area is 111 Å². The SMILES string of the molecule is COC(=O)CC1CN(C(=O)C2CCC(=O)N2)CCO1. The summed E-state index contributed by atoms with van der Waals surface area (Å²) in [7, 11) is 1.32. The highest BCUT2D eigenvalue weighted by atomic mass is 16.5. The number of carbonyl (C=O) groups is 3. The Morgan fingerprint density at radius 1 is 1.53 bits per heavy atom. The van der Waals surface area contributed by atoms with Gasteiger partial charge in [0, 0.05) is 19.5 Å². The molecular weight excluding hydrogens is 252 g/mol. The van der Waals surface area contributed by atoms with Gasteiger partial charge in [0.1, 0.15) is 6.04 Å². The van der Waals surface area contributed by atoms with Crippen LogP contribution in [0.15, 0.2) is 0 Å². The van der Waals surface area contributed by atoms with Crippen molar-refractivity contribution >= 4 is 17.8 Å². The highest BCUT2D eigenvalue weighted by molar-refractivity contribution is 5.90. The van der Waals surface area contributed by atoms with Gasteiger partial charge in [-0.15, -0.1) is 0 Å². The fourth-order valence-corrected chi connectivity index (χ4v) is 2.33. The molecule has 0 bridgehead atoms. The minimum Gasteiger partial charge on any atom is -0.469 e. The van der Waals surface area contributed by atoms with Crippen molar-refractivity contribution in [3.05, 3.63) is 0 Å². The van der Waals surface area contributed by atoms with Gasteiger partial charge in [0.15, 0.2) is 0 Å². The summed E-state index contributed by atoms with van der Waals surface area (Å²) in [5.74, 6) is -0.532. The van der Waals surface area contributed by atoms with Crippen LogP contribution in [-0.4, -0.2) is 61.6 Å². The number of methoxy groups -OCH3 is 1. The molecule has 0 aromatic heterocycles. The Morgan fingerprint density at radius 2 is 2.32 bits per heavy atom. The molecule has 0 saturated carbocycles. The molecule has 0 aromatic rings. The van der Waals surface area contributed by atoms with Crippen LogP contribution >= 0.6 is 0 Å². The maximum Gasteiger partial charge on any atom is 0.308 e. The summed E-state index contributed by atoms with van der Waals surface area (Å²) >= 11 is 0. The molecule has 0 aliphatic carbocycles. The van der Waals surface area contributed by atoms with Gasteiger partial charge in [0.05, 0.1) is 26.2 Å². The van der Waals surface area contributed by atoms with E-state index in [0.717, 1.165) is 0 Å². The second kappa shape index (κ2) is 6.01. The van der Waals surface area contributed by atoms with Gasteiger partial charge in [-0.25, -0.2) is 0 Å². The lowest BCUT2D eigenvalue weighted by Gasteiger charge is -2.33. The third-order valence-corrected chi connectivity index (χ3v) is 3.37. The zero-order valence-electron chi connectivity index (χ0n) is 10.9. The molecule has 2 unspecified atom stereocenters. The van der Waals surface area contributed by atoms with Crippen LogP contribution in [-0.2, 0) is 23.9 Å². The second-order valence-electron chi connectivity index (χ2n) is 4.72. The summed E-state index contributed by atoms with van der Waals surface area (Å²) in [6.07, 6.45) is 0.739. The van der Waals surface area contributed by atoms with E-state index in [9.17, 15) is 14.4 Å². The molecule has 7 nitrogen and oxygen atoms in total. The second-order valence-corrected chi connectivity index (χ2v) is 4.72. The molecule has 2 heterocycles. The van der Waals surface area contributed by atoms with Gasteiger partial charge in [0.2, 0.25) is 11.8 Å². The number of esters is 1. The topological polar surface area (TPSA) is 84.9 Å². The molecule has 2 aliphatic heterocycles. The highest BCUT2D eigenvalue weighted by Crippen LogP contribution is 2.14. The normalized spacial score (nSPS) is 27.0. The summed E-state index contributed by atoms with van der Waals surface area (Å²) in [5.41, 5.74) is 0. The quantitative estimate of drug-likeness (QED) is 0.669. The van der Waals surface area contributed by atoms with Crippen LogP contribution in [0.2, 0.25) is 0 Å². The number of amides is 2. The lowest BCUT2D eigenvalue weighted by Crippen LogP contribution is -2.52. The van der Waals surface area contributed by atoms with Gasteiger partial charge >= 0.3 is 5.97 Å². The molecule has 2 aliphatic rings. The predicted octanol–water partition coefficient (Wildman–Crippen LogP) is -0.944. The lowest BCUT2D eigenvalue weighted by molar-refractivity contribution is -0.150. The Morgan fingerprint density at radius 3 is 2.95 bits per heavy atom. The van der Waals surface area contributed by atoms with E-state index in [0.29, 0.717) is 32.5 Å². The lowest BCUT2D eigenvalue weighted by atomic mass is 10.1. The molecule has 1 N–H and O–H groups in total. The van der Waals surface area contributed by atoms with Crippen LogP contribution in [0.1, 0.15) is 19.3 Å². The van der Waals surface area contributed by atoms with Crippen LogP contribution in [0.3, 0.4) is 0 Å². The average molecular weight is 270 g/mol. The van der Waals surface area contributed by atoms with Gasteiger partial charge in [-0.3, -0.25) is 14.4 Å². The Kier molecular flexibility index (Phi) is 4.36. The van der Waals surface area contributed by atoms with Crippen molar-refractivity contribution in [1.82, 2.24) is 10.2 Å². The van der Waals surface area contributed by atoms with Crippen LogP contribution in [0.25, 0.3) is 0 Å². The summed E-state index contributed by atoms with van der Waals surface area (Å²) in [5, 5.41) is 2.66.